The second kappa shape index (κ2) is 25.8. The molecule has 1 aromatic rings. The zero-order valence-electron chi connectivity index (χ0n) is 28.0. The molecule has 0 bridgehead atoms. The normalized spacial score (nSPS) is 12.1. The molecule has 17 heteroatoms. The van der Waals surface area contributed by atoms with Crippen molar-refractivity contribution >= 4 is 35.5 Å². The van der Waals surface area contributed by atoms with Crippen molar-refractivity contribution in [2.24, 2.45) is 16.8 Å². The van der Waals surface area contributed by atoms with Crippen LogP contribution in [0.25, 0.3) is 0 Å². The third-order valence-corrected chi connectivity index (χ3v) is 6.46. The maximum Gasteiger partial charge on any atom is 0.470 e. The summed E-state index contributed by atoms with van der Waals surface area (Å²) in [6, 6.07) is 3.57. The highest BCUT2D eigenvalue weighted by Crippen LogP contribution is 2.13. The summed E-state index contributed by atoms with van der Waals surface area (Å²) in [7, 11) is 0. The van der Waals surface area contributed by atoms with Gasteiger partial charge in [0.2, 0.25) is 17.7 Å². The third kappa shape index (κ3) is 20.1. The minimum atomic E-state index is -1.25. The standard InChI is InChI=1S/C31H50N6O11/c1-4-13-44-15-17-46-19-20-47-18-16-45-14-11-26(38)36-27(22(2)3)29(40)35-25(6-5-12-33-30(32)41)28(39)34-24-9-7-23(8-10-24)21-48-31(42)37-43/h7-10,22,25,27H,4-6,11-21H2,1-3H3,(H,34,39)(H,35,40)(H,36,38)(H3,32,33,41)/t25?,27-/m0/s1. The van der Waals surface area contributed by atoms with Crippen LogP contribution in [0.5, 0.6) is 0 Å². The molecule has 0 heterocycles. The first-order valence-electron chi connectivity index (χ1n) is 15.9. The predicted octanol–water partition coefficient (Wildman–Crippen LogP) is 1.97. The number of urea groups is 1. The Morgan fingerprint density at radius 2 is 1.40 bits per heavy atom. The van der Waals surface area contributed by atoms with Crippen molar-refractivity contribution in [3.63, 3.8) is 0 Å². The average Bonchev–Trinajstić information content (AvgIpc) is 3.06. The van der Waals surface area contributed by atoms with Gasteiger partial charge >= 0.3 is 12.1 Å². The molecule has 1 unspecified atom stereocenters. The van der Waals surface area contributed by atoms with Crippen LogP contribution in [0.3, 0.4) is 0 Å². The van der Waals surface area contributed by atoms with E-state index in [-0.39, 0.29) is 45.1 Å². The second-order valence-electron chi connectivity index (χ2n) is 10.8. The molecule has 2 atom stereocenters. The van der Waals surface area contributed by atoms with Crippen LogP contribution in [0.2, 0.25) is 0 Å². The molecule has 17 nitrogen and oxygen atoms in total. The van der Waals surface area contributed by atoms with Gasteiger partial charge in [-0.2, -0.15) is 0 Å². The number of carbonyl (C=O) groups is 5. The lowest BCUT2D eigenvalue weighted by atomic mass is 10.0. The summed E-state index contributed by atoms with van der Waals surface area (Å²) < 4.78 is 26.2. The SMILES string of the molecule is CCCOCCOCCOCCOCCC(=O)N[C@H](C(=O)NC(CCCNC(N)=O)C(=O)Nc1ccc(COC(=O)N=O)cc1)C(C)C. The van der Waals surface area contributed by atoms with Gasteiger partial charge in [0, 0.05) is 25.3 Å². The van der Waals surface area contributed by atoms with Crippen LogP contribution in [-0.4, -0.2) is 101 Å². The van der Waals surface area contributed by atoms with Gasteiger partial charge in [0.15, 0.2) is 0 Å². The first-order valence-corrected chi connectivity index (χ1v) is 15.9. The van der Waals surface area contributed by atoms with Gasteiger partial charge < -0.3 is 50.7 Å². The lowest BCUT2D eigenvalue weighted by Crippen LogP contribution is -2.54. The minimum Gasteiger partial charge on any atom is -0.441 e. The summed E-state index contributed by atoms with van der Waals surface area (Å²) in [5.41, 5.74) is 6.05. The molecule has 1 rings (SSSR count). The highest BCUT2D eigenvalue weighted by atomic mass is 16.6. The number of carbonyl (C=O) groups excluding carboxylic acids is 5. The Balaban J connectivity index is 2.59. The van der Waals surface area contributed by atoms with Crippen LogP contribution in [0.4, 0.5) is 15.3 Å². The van der Waals surface area contributed by atoms with E-state index in [1.165, 1.54) is 0 Å². The fraction of sp³-hybridized carbons (Fsp3) is 0.645. The Bertz CT molecular complexity index is 1120. The molecule has 0 saturated heterocycles. The van der Waals surface area contributed by atoms with Gasteiger partial charge in [0.05, 0.1) is 51.4 Å². The van der Waals surface area contributed by atoms with Crippen LogP contribution >= 0.6 is 0 Å². The fourth-order valence-electron chi connectivity index (χ4n) is 3.98. The van der Waals surface area contributed by atoms with Gasteiger partial charge in [-0.05, 0) is 42.9 Å². The van der Waals surface area contributed by atoms with Crippen LogP contribution in [0.15, 0.2) is 29.4 Å². The number of hydrogen-bond donors (Lipinski definition) is 5. The van der Waals surface area contributed by atoms with Crippen molar-refractivity contribution in [3.05, 3.63) is 34.7 Å². The van der Waals surface area contributed by atoms with E-state index >= 15 is 0 Å². The molecule has 0 radical (unpaired) electrons. The molecule has 0 aliphatic heterocycles. The number of primary amides is 1. The summed E-state index contributed by atoms with van der Waals surface area (Å²) in [4.78, 5) is 71.3. The molecule has 0 aliphatic carbocycles. The molecule has 6 N–H and O–H groups in total. The molecule has 270 valence electrons. The lowest BCUT2D eigenvalue weighted by molar-refractivity contribution is -0.132. The maximum atomic E-state index is 13.3. The summed E-state index contributed by atoms with van der Waals surface area (Å²) in [6.07, 6.45) is 0.202. The number of amides is 6. The van der Waals surface area contributed by atoms with Gasteiger partial charge in [-0.3, -0.25) is 14.4 Å². The van der Waals surface area contributed by atoms with Crippen LogP contribution < -0.4 is 27.0 Å². The number of anilines is 1. The Labute approximate surface area is 280 Å². The number of rotatable bonds is 26. The van der Waals surface area contributed by atoms with Crippen molar-refractivity contribution in [2.75, 3.05) is 64.7 Å². The largest absolute Gasteiger partial charge is 0.470 e. The number of benzene rings is 1. The molecule has 0 fully saturated rings. The van der Waals surface area contributed by atoms with E-state index in [9.17, 15) is 28.9 Å². The molecule has 0 saturated carbocycles. The van der Waals surface area contributed by atoms with Crippen molar-refractivity contribution in [2.45, 2.75) is 65.1 Å². The van der Waals surface area contributed by atoms with Gasteiger partial charge in [-0.1, -0.05) is 32.9 Å². The highest BCUT2D eigenvalue weighted by Gasteiger charge is 2.28. The first kappa shape index (κ1) is 41.8. The monoisotopic (exact) mass is 682 g/mol. The lowest BCUT2D eigenvalue weighted by Gasteiger charge is -2.25. The number of hydrogen-bond acceptors (Lipinski definition) is 11. The zero-order valence-corrected chi connectivity index (χ0v) is 28.0. The second-order valence-corrected chi connectivity index (χ2v) is 10.8. The maximum absolute atomic E-state index is 13.3. The summed E-state index contributed by atoms with van der Waals surface area (Å²) >= 11 is 0. The highest BCUT2D eigenvalue weighted by molar-refractivity contribution is 5.98. The molecule has 1 aromatic carbocycles. The van der Waals surface area contributed by atoms with E-state index in [4.69, 9.17) is 24.7 Å². The molecule has 0 spiro atoms. The van der Waals surface area contributed by atoms with Crippen LogP contribution in [0.1, 0.15) is 52.0 Å². The van der Waals surface area contributed by atoms with E-state index in [1.807, 2.05) is 6.92 Å². The summed E-state index contributed by atoms with van der Waals surface area (Å²) in [5.74, 6) is -1.80. The van der Waals surface area contributed by atoms with E-state index in [0.29, 0.717) is 57.3 Å². The summed E-state index contributed by atoms with van der Waals surface area (Å²) in [6.45, 7) is 8.93. The number of nitrogens with one attached hydrogen (secondary N) is 4. The number of nitrogens with zero attached hydrogens (tertiary/aromatic N) is 1. The van der Waals surface area contributed by atoms with E-state index in [2.05, 4.69) is 31.2 Å². The fourth-order valence-corrected chi connectivity index (χ4v) is 3.98. The van der Waals surface area contributed by atoms with Gasteiger partial charge in [0.25, 0.3) is 0 Å². The quantitative estimate of drug-likeness (QED) is 0.0700. The molecule has 6 amide bonds. The van der Waals surface area contributed by atoms with E-state index < -0.39 is 41.9 Å². The van der Waals surface area contributed by atoms with Gasteiger partial charge in [-0.25, -0.2) is 9.59 Å². The number of ether oxygens (including phenoxy) is 5. The molecular formula is C31H50N6O11. The summed E-state index contributed by atoms with van der Waals surface area (Å²) in [5, 5.41) is 12.7. The Hall–Kier alpha value is -4.19. The average molecular weight is 683 g/mol. The van der Waals surface area contributed by atoms with Crippen molar-refractivity contribution in [1.82, 2.24) is 16.0 Å². The first-order chi connectivity index (χ1) is 23.1. The molecule has 0 aromatic heterocycles. The van der Waals surface area contributed by atoms with E-state index in [0.717, 1.165) is 6.42 Å². The van der Waals surface area contributed by atoms with Crippen molar-refractivity contribution < 1.29 is 47.7 Å². The third-order valence-electron chi connectivity index (χ3n) is 6.46. The molecule has 0 aliphatic rings. The Morgan fingerprint density at radius 1 is 0.812 bits per heavy atom. The Kier molecular flexibility index (Phi) is 22.5. The smallest absolute Gasteiger partial charge is 0.441 e. The predicted molar refractivity (Wildman–Crippen MR) is 175 cm³/mol. The Morgan fingerprint density at radius 3 is 1.94 bits per heavy atom. The molecule has 48 heavy (non-hydrogen) atoms. The zero-order chi connectivity index (χ0) is 35.6. The van der Waals surface area contributed by atoms with Crippen molar-refractivity contribution in [1.29, 1.82) is 0 Å². The molecular weight excluding hydrogens is 632 g/mol. The topological polar surface area (TPSA) is 235 Å². The van der Waals surface area contributed by atoms with Crippen LogP contribution in [-0.2, 0) is 44.7 Å². The minimum absolute atomic E-state index is 0.0148. The van der Waals surface area contributed by atoms with Crippen LogP contribution in [0, 0.1) is 10.8 Å². The number of nitrogens with two attached hydrogens (primary N) is 1. The van der Waals surface area contributed by atoms with E-state index in [1.54, 1.807) is 38.1 Å². The number of nitroso groups, excluding NO2 is 1. The van der Waals surface area contributed by atoms with Gasteiger partial charge in [-0.15, -0.1) is 4.91 Å². The van der Waals surface area contributed by atoms with Crippen molar-refractivity contribution in [3.8, 4) is 0 Å². The van der Waals surface area contributed by atoms with Gasteiger partial charge in [0.1, 0.15) is 18.7 Å².